The number of hydrogen-bond acceptors (Lipinski definition) is 5. The van der Waals surface area contributed by atoms with Crippen LogP contribution in [0.25, 0.3) is 11.3 Å². The third-order valence-corrected chi connectivity index (χ3v) is 4.04. The van der Waals surface area contributed by atoms with Gasteiger partial charge in [-0.05, 0) is 36.8 Å². The number of nitrogens with two attached hydrogens (primary N) is 2. The first-order valence-corrected chi connectivity index (χ1v) is 8.19. The second-order valence-corrected chi connectivity index (χ2v) is 6.34. The van der Waals surface area contributed by atoms with Crippen LogP contribution < -0.4 is 16.8 Å². The number of aromatic nitrogens is 1. The van der Waals surface area contributed by atoms with Gasteiger partial charge in [0.05, 0.1) is 22.0 Å². The van der Waals surface area contributed by atoms with E-state index in [1.165, 1.54) is 19.1 Å². The van der Waals surface area contributed by atoms with Crippen molar-refractivity contribution in [3.8, 4) is 17.0 Å². The number of nitrogens with one attached hydrogen (secondary N) is 1. The second-order valence-electron chi connectivity index (χ2n) is 5.93. The SMILES string of the molecule is C=C(C)/C(NC(=O)c1cc(F)c(-c2ccc(Cl)c(N)n2)cc1O)=C(\N)C(F)(F)F. The monoisotopic (exact) mass is 430 g/mol. The van der Waals surface area contributed by atoms with Crippen molar-refractivity contribution in [1.29, 1.82) is 0 Å². The molecule has 0 bridgehead atoms. The highest BCUT2D eigenvalue weighted by Crippen LogP contribution is 2.31. The fourth-order valence-corrected chi connectivity index (χ4v) is 2.38. The maximum atomic E-state index is 14.5. The van der Waals surface area contributed by atoms with Crippen molar-refractivity contribution in [3.05, 3.63) is 64.2 Å². The third-order valence-electron chi connectivity index (χ3n) is 3.72. The Bertz CT molecular complexity index is 1040. The van der Waals surface area contributed by atoms with E-state index in [0.29, 0.717) is 6.07 Å². The number of rotatable bonds is 4. The van der Waals surface area contributed by atoms with Gasteiger partial charge in [-0.3, -0.25) is 4.79 Å². The minimum atomic E-state index is -4.93. The summed E-state index contributed by atoms with van der Waals surface area (Å²) in [6, 6.07) is 4.23. The second kappa shape index (κ2) is 8.00. The highest BCUT2D eigenvalue weighted by Gasteiger charge is 2.35. The lowest BCUT2D eigenvalue weighted by atomic mass is 10.0. The first kappa shape index (κ1) is 22.0. The normalized spacial score (nSPS) is 12.3. The first-order chi connectivity index (χ1) is 13.3. The zero-order valence-electron chi connectivity index (χ0n) is 14.9. The number of phenols is 1. The lowest BCUT2D eigenvalue weighted by Crippen LogP contribution is -2.31. The van der Waals surface area contributed by atoms with E-state index in [9.17, 15) is 27.5 Å². The first-order valence-electron chi connectivity index (χ1n) is 7.82. The number of allylic oxidation sites excluding steroid dienone is 2. The zero-order valence-corrected chi connectivity index (χ0v) is 15.6. The molecule has 2 rings (SSSR count). The summed E-state index contributed by atoms with van der Waals surface area (Å²) in [5.41, 5.74) is 7.22. The molecule has 1 heterocycles. The Balaban J connectivity index is 2.45. The molecule has 0 fully saturated rings. The molecule has 1 amide bonds. The largest absolute Gasteiger partial charge is 0.507 e. The van der Waals surface area contributed by atoms with Gasteiger partial charge in [-0.15, -0.1) is 0 Å². The number of hydrogen-bond donors (Lipinski definition) is 4. The van der Waals surface area contributed by atoms with Crippen molar-refractivity contribution >= 4 is 23.3 Å². The third kappa shape index (κ3) is 4.77. The predicted octanol–water partition coefficient (Wildman–Crippen LogP) is 3.87. The number of amides is 1. The highest BCUT2D eigenvalue weighted by atomic mass is 35.5. The minimum Gasteiger partial charge on any atom is -0.507 e. The van der Waals surface area contributed by atoms with E-state index in [1.54, 1.807) is 0 Å². The number of aromatic hydroxyl groups is 1. The summed E-state index contributed by atoms with van der Waals surface area (Å²) in [5.74, 6) is -2.99. The Morgan fingerprint density at radius 2 is 1.93 bits per heavy atom. The van der Waals surface area contributed by atoms with Crippen LogP contribution in [0.15, 0.2) is 47.8 Å². The summed E-state index contributed by atoms with van der Waals surface area (Å²) in [4.78, 5) is 16.2. The average molecular weight is 431 g/mol. The molecule has 0 aliphatic heterocycles. The van der Waals surface area contributed by atoms with Gasteiger partial charge >= 0.3 is 6.18 Å². The Morgan fingerprint density at radius 1 is 1.31 bits per heavy atom. The van der Waals surface area contributed by atoms with Gasteiger partial charge in [-0.25, -0.2) is 9.37 Å². The molecule has 29 heavy (non-hydrogen) atoms. The molecule has 0 saturated heterocycles. The van der Waals surface area contributed by atoms with E-state index >= 15 is 0 Å². The van der Waals surface area contributed by atoms with E-state index in [2.05, 4.69) is 11.6 Å². The van der Waals surface area contributed by atoms with Crippen molar-refractivity contribution in [3.63, 3.8) is 0 Å². The molecule has 0 saturated carbocycles. The van der Waals surface area contributed by atoms with Gasteiger partial charge in [0.2, 0.25) is 0 Å². The van der Waals surface area contributed by atoms with E-state index in [4.69, 9.17) is 23.1 Å². The molecular weight excluding hydrogens is 416 g/mol. The Kier molecular flexibility index (Phi) is 6.07. The molecule has 154 valence electrons. The number of benzene rings is 1. The van der Waals surface area contributed by atoms with E-state index < -0.39 is 40.6 Å². The number of anilines is 1. The number of carbonyl (C=O) groups excluding carboxylic acids is 1. The van der Waals surface area contributed by atoms with Gasteiger partial charge < -0.3 is 21.9 Å². The number of pyridine rings is 1. The molecule has 0 aliphatic rings. The van der Waals surface area contributed by atoms with Crippen LogP contribution in [-0.2, 0) is 0 Å². The molecular formula is C18H15ClF4N4O2. The van der Waals surface area contributed by atoms with Crippen LogP contribution in [0, 0.1) is 5.82 Å². The Hall–Kier alpha value is -3.27. The fraction of sp³-hybridized carbons (Fsp3) is 0.111. The van der Waals surface area contributed by atoms with Crippen LogP contribution in [0.2, 0.25) is 5.02 Å². The summed E-state index contributed by atoms with van der Waals surface area (Å²) in [6.45, 7) is 4.51. The number of nitrogen functional groups attached to an aromatic ring is 1. The van der Waals surface area contributed by atoms with Crippen LogP contribution in [0.4, 0.5) is 23.4 Å². The maximum absolute atomic E-state index is 14.5. The Labute approximate surface area is 167 Å². The Morgan fingerprint density at radius 3 is 2.45 bits per heavy atom. The van der Waals surface area contributed by atoms with E-state index in [-0.39, 0.29) is 27.7 Å². The van der Waals surface area contributed by atoms with Gasteiger partial charge in [0.25, 0.3) is 5.91 Å². The average Bonchev–Trinajstić information content (AvgIpc) is 2.61. The maximum Gasteiger partial charge on any atom is 0.432 e. The molecule has 1 aromatic heterocycles. The molecule has 1 aromatic carbocycles. The van der Waals surface area contributed by atoms with E-state index in [0.717, 1.165) is 6.07 Å². The summed E-state index contributed by atoms with van der Waals surface area (Å²) in [6.07, 6.45) is -4.93. The van der Waals surface area contributed by atoms with Crippen molar-refractivity contribution in [1.82, 2.24) is 10.3 Å². The van der Waals surface area contributed by atoms with Gasteiger partial charge in [0.15, 0.2) is 0 Å². The lowest BCUT2D eigenvalue weighted by Gasteiger charge is -2.16. The van der Waals surface area contributed by atoms with Crippen molar-refractivity contribution in [2.45, 2.75) is 13.1 Å². The van der Waals surface area contributed by atoms with Crippen LogP contribution in [0.3, 0.4) is 0 Å². The molecule has 0 spiro atoms. The summed E-state index contributed by atoms with van der Waals surface area (Å²) in [5, 5.41) is 12.2. The number of alkyl halides is 3. The molecule has 6 N–H and O–H groups in total. The zero-order chi connectivity index (χ0) is 22.1. The predicted molar refractivity (Wildman–Crippen MR) is 100 cm³/mol. The lowest BCUT2D eigenvalue weighted by molar-refractivity contribution is -0.0936. The summed E-state index contributed by atoms with van der Waals surface area (Å²) < 4.78 is 53.1. The van der Waals surface area contributed by atoms with Crippen molar-refractivity contribution in [2.24, 2.45) is 5.73 Å². The van der Waals surface area contributed by atoms with Gasteiger partial charge in [-0.2, -0.15) is 13.2 Å². The standard InChI is InChI=1S/C18H15ClF4N4O2/c1-7(2)14(15(24)18(21,22)23)27-17(29)9-5-11(20)8(6-13(9)28)12-4-3-10(19)16(25)26-12/h3-6,28H,1,24H2,2H3,(H2,25,26)(H,27,29)/b15-14+. The molecule has 0 aliphatic carbocycles. The summed E-state index contributed by atoms with van der Waals surface area (Å²) >= 11 is 5.75. The quantitative estimate of drug-likeness (QED) is 0.434. The van der Waals surface area contributed by atoms with Crippen LogP contribution in [0.5, 0.6) is 5.75 Å². The van der Waals surface area contributed by atoms with Crippen molar-refractivity contribution in [2.75, 3.05) is 5.73 Å². The number of phenolic OH excluding ortho intramolecular Hbond substituents is 1. The van der Waals surface area contributed by atoms with Gasteiger partial charge in [0.1, 0.15) is 23.1 Å². The van der Waals surface area contributed by atoms with E-state index in [1.807, 2.05) is 5.32 Å². The molecule has 0 unspecified atom stereocenters. The fourth-order valence-electron chi connectivity index (χ4n) is 2.27. The molecule has 11 heteroatoms. The van der Waals surface area contributed by atoms with Gasteiger partial charge in [0, 0.05) is 5.56 Å². The van der Waals surface area contributed by atoms with Crippen LogP contribution in [0.1, 0.15) is 17.3 Å². The topological polar surface area (TPSA) is 114 Å². The molecule has 6 nitrogen and oxygen atoms in total. The highest BCUT2D eigenvalue weighted by molar-refractivity contribution is 6.32. The molecule has 2 aromatic rings. The van der Waals surface area contributed by atoms with Crippen molar-refractivity contribution < 1.29 is 27.5 Å². The van der Waals surface area contributed by atoms with Gasteiger partial charge in [-0.1, -0.05) is 18.2 Å². The van der Waals surface area contributed by atoms with Crippen LogP contribution in [-0.4, -0.2) is 22.2 Å². The summed E-state index contributed by atoms with van der Waals surface area (Å²) in [7, 11) is 0. The minimum absolute atomic E-state index is 0.0236. The number of carbonyl (C=O) groups is 1. The number of nitrogens with zero attached hydrogens (tertiary/aromatic N) is 1. The van der Waals surface area contributed by atoms with Crippen LogP contribution >= 0.6 is 11.6 Å². The number of halogens is 5. The molecule has 0 atom stereocenters. The molecule has 0 radical (unpaired) electrons. The smallest absolute Gasteiger partial charge is 0.432 e.